The molecule has 0 aromatic carbocycles. The third kappa shape index (κ3) is 6.33. The van der Waals surface area contributed by atoms with Gasteiger partial charge in [0.1, 0.15) is 18.3 Å². The van der Waals surface area contributed by atoms with Gasteiger partial charge in [-0.05, 0) is 0 Å². The van der Waals surface area contributed by atoms with Crippen molar-refractivity contribution < 1.29 is 40.2 Å². The molecule has 1 amide bonds. The number of carbonyl (C=O) groups is 2. The van der Waals surface area contributed by atoms with E-state index < -0.39 is 61.4 Å². The maximum Gasteiger partial charge on any atom is 0.332 e. The molecule has 0 saturated carbocycles. The van der Waals surface area contributed by atoms with E-state index in [2.05, 4.69) is 5.32 Å². The van der Waals surface area contributed by atoms with Crippen LogP contribution >= 0.6 is 0 Å². The van der Waals surface area contributed by atoms with Gasteiger partial charge in [0, 0.05) is 19.4 Å². The van der Waals surface area contributed by atoms with E-state index in [0.717, 1.165) is 6.92 Å². The summed E-state index contributed by atoms with van der Waals surface area (Å²) in [5.41, 5.74) is 5.63. The normalized spacial score (nSPS) is 20.0. The number of rotatable bonds is 9. The molecule has 0 aliphatic heterocycles. The number of hydrogen-bond acceptors (Lipinski definition) is 8. The Bertz CT molecular complexity index is 353. The molecule has 0 rings (SSSR count). The highest BCUT2D eigenvalue weighted by Crippen LogP contribution is 2.11. The largest absolute Gasteiger partial charge is 0.479 e. The first-order chi connectivity index (χ1) is 9.61. The van der Waals surface area contributed by atoms with Gasteiger partial charge < -0.3 is 41.7 Å². The van der Waals surface area contributed by atoms with Crippen LogP contribution in [0.25, 0.3) is 0 Å². The Labute approximate surface area is 120 Å². The van der Waals surface area contributed by atoms with Crippen LogP contribution in [-0.4, -0.2) is 85.6 Å². The number of nitrogens with one attached hydrogen (secondary N) is 1. The number of aliphatic hydroxyl groups is 5. The highest BCUT2D eigenvalue weighted by atomic mass is 16.4. The number of hydrogen-bond donors (Lipinski definition) is 8. The van der Waals surface area contributed by atoms with Gasteiger partial charge in [0.25, 0.3) is 0 Å². The van der Waals surface area contributed by atoms with Gasteiger partial charge in [-0.15, -0.1) is 0 Å². The molecule has 124 valence electrons. The van der Waals surface area contributed by atoms with Crippen molar-refractivity contribution in [1.29, 1.82) is 0 Å². The Morgan fingerprint density at radius 3 is 2.05 bits per heavy atom. The van der Waals surface area contributed by atoms with Crippen LogP contribution in [0.3, 0.4) is 0 Å². The van der Waals surface area contributed by atoms with E-state index in [1.165, 1.54) is 0 Å². The topological polar surface area (TPSA) is 194 Å². The third-order valence-electron chi connectivity index (χ3n) is 2.91. The quantitative estimate of drug-likeness (QED) is 0.208. The van der Waals surface area contributed by atoms with E-state index in [-0.39, 0.29) is 0 Å². The van der Waals surface area contributed by atoms with Crippen LogP contribution < -0.4 is 11.1 Å². The summed E-state index contributed by atoms with van der Waals surface area (Å²) in [6.07, 6.45) is -7.58. The summed E-state index contributed by atoms with van der Waals surface area (Å²) < 4.78 is 0. The van der Waals surface area contributed by atoms with Gasteiger partial charge in [-0.3, -0.25) is 4.79 Å². The Kier molecular flexibility index (Phi) is 8.32. The second kappa shape index (κ2) is 8.87. The molecule has 0 aromatic heterocycles. The van der Waals surface area contributed by atoms with Crippen LogP contribution in [0, 0.1) is 0 Å². The van der Waals surface area contributed by atoms with Crippen LogP contribution in [-0.2, 0) is 9.59 Å². The summed E-state index contributed by atoms with van der Waals surface area (Å²) in [6, 6.07) is -2.54. The summed E-state index contributed by atoms with van der Waals surface area (Å²) >= 11 is 0. The van der Waals surface area contributed by atoms with Crippen molar-refractivity contribution in [3.8, 4) is 0 Å². The lowest BCUT2D eigenvalue weighted by Gasteiger charge is -2.33. The first-order valence-electron chi connectivity index (χ1n) is 6.20. The van der Waals surface area contributed by atoms with Gasteiger partial charge in [0.15, 0.2) is 6.10 Å². The van der Waals surface area contributed by atoms with Gasteiger partial charge in [0.05, 0.1) is 12.6 Å². The standard InChI is InChI=1S/C11H22N2O8/c1-4(15)13-8(5(12)2-6(16)11(20)21)10(19)9(18)7(17)3-14/h5-10,14,16-19H,2-3,12H2,1H3,(H,13,15)(H,20,21)/t5-,6-,7-,8-,9-,10-/m1/s1. The Morgan fingerprint density at radius 2 is 1.67 bits per heavy atom. The highest BCUT2D eigenvalue weighted by Gasteiger charge is 2.36. The number of carboxylic acid groups (broad SMARTS) is 1. The van der Waals surface area contributed by atoms with Crippen molar-refractivity contribution in [3.05, 3.63) is 0 Å². The van der Waals surface area contributed by atoms with E-state index in [0.29, 0.717) is 0 Å². The molecule has 0 unspecified atom stereocenters. The minimum absolute atomic E-state index is 0.501. The van der Waals surface area contributed by atoms with Crippen molar-refractivity contribution in [2.75, 3.05) is 6.61 Å². The van der Waals surface area contributed by atoms with Gasteiger partial charge in [-0.25, -0.2) is 4.79 Å². The van der Waals surface area contributed by atoms with Crippen LogP contribution in [0.15, 0.2) is 0 Å². The Hall–Kier alpha value is -1.30. The van der Waals surface area contributed by atoms with E-state index in [4.69, 9.17) is 15.9 Å². The molecule has 0 spiro atoms. The van der Waals surface area contributed by atoms with Crippen molar-refractivity contribution in [3.63, 3.8) is 0 Å². The average molecular weight is 310 g/mol. The van der Waals surface area contributed by atoms with E-state index in [1.807, 2.05) is 0 Å². The van der Waals surface area contributed by atoms with Gasteiger partial charge in [0.2, 0.25) is 5.91 Å². The second-order valence-electron chi connectivity index (χ2n) is 4.71. The summed E-state index contributed by atoms with van der Waals surface area (Å²) in [4.78, 5) is 21.7. The fourth-order valence-electron chi connectivity index (χ4n) is 1.73. The van der Waals surface area contributed by atoms with Crippen LogP contribution in [0.4, 0.5) is 0 Å². The van der Waals surface area contributed by atoms with Gasteiger partial charge >= 0.3 is 5.97 Å². The second-order valence-corrected chi connectivity index (χ2v) is 4.71. The molecule has 10 nitrogen and oxygen atoms in total. The minimum atomic E-state index is -1.82. The summed E-state index contributed by atoms with van der Waals surface area (Å²) in [6.45, 7) is 0.271. The predicted molar refractivity (Wildman–Crippen MR) is 68.9 cm³/mol. The molecule has 0 heterocycles. The maximum absolute atomic E-state index is 11.1. The molecule has 21 heavy (non-hydrogen) atoms. The molecule has 10 heteroatoms. The lowest BCUT2D eigenvalue weighted by atomic mass is 9.92. The monoisotopic (exact) mass is 310 g/mol. The van der Waals surface area contributed by atoms with Gasteiger partial charge in [-0.2, -0.15) is 0 Å². The van der Waals surface area contributed by atoms with Gasteiger partial charge in [-0.1, -0.05) is 0 Å². The fourth-order valence-corrected chi connectivity index (χ4v) is 1.73. The zero-order chi connectivity index (χ0) is 16.7. The van der Waals surface area contributed by atoms with Crippen molar-refractivity contribution in [1.82, 2.24) is 5.32 Å². The number of aliphatic hydroxyl groups excluding tert-OH is 5. The number of carbonyl (C=O) groups excluding carboxylic acids is 1. The van der Waals surface area contributed by atoms with Crippen molar-refractivity contribution >= 4 is 11.9 Å². The van der Waals surface area contributed by atoms with Crippen molar-refractivity contribution in [2.45, 2.75) is 49.8 Å². The molecule has 0 fully saturated rings. The lowest BCUT2D eigenvalue weighted by molar-refractivity contribution is -0.147. The molecule has 0 aliphatic rings. The molecular formula is C11H22N2O8. The SMILES string of the molecule is CC(=O)N[C@@H]([C@@H](O)[C@H](O)[C@H](O)CO)[C@H](N)C[C@@H](O)C(=O)O. The highest BCUT2D eigenvalue weighted by molar-refractivity contribution is 5.73. The first-order valence-corrected chi connectivity index (χ1v) is 6.20. The molecule has 0 radical (unpaired) electrons. The third-order valence-corrected chi connectivity index (χ3v) is 2.91. The number of aliphatic carboxylic acids is 1. The minimum Gasteiger partial charge on any atom is -0.479 e. The fraction of sp³-hybridized carbons (Fsp3) is 0.818. The number of nitrogens with two attached hydrogens (primary N) is 1. The number of amides is 1. The van der Waals surface area contributed by atoms with Crippen molar-refractivity contribution in [2.24, 2.45) is 5.73 Å². The zero-order valence-corrected chi connectivity index (χ0v) is 11.5. The molecule has 9 N–H and O–H groups in total. The van der Waals surface area contributed by atoms with E-state index in [1.54, 1.807) is 0 Å². The Balaban J connectivity index is 5.00. The smallest absolute Gasteiger partial charge is 0.332 e. The summed E-state index contributed by atoms with van der Waals surface area (Å²) in [7, 11) is 0. The van der Waals surface area contributed by atoms with Crippen LogP contribution in [0.2, 0.25) is 0 Å². The molecule has 0 aromatic rings. The lowest BCUT2D eigenvalue weighted by Crippen LogP contribution is -2.60. The molecule has 0 saturated heterocycles. The Morgan fingerprint density at radius 1 is 1.14 bits per heavy atom. The predicted octanol–water partition coefficient (Wildman–Crippen LogP) is -4.27. The molecule has 0 bridgehead atoms. The summed E-state index contributed by atoms with van der Waals surface area (Å²) in [5.74, 6) is -2.15. The maximum atomic E-state index is 11.1. The summed E-state index contributed by atoms with van der Waals surface area (Å²) in [5, 5.41) is 57.5. The average Bonchev–Trinajstić information content (AvgIpc) is 2.41. The van der Waals surface area contributed by atoms with Crippen LogP contribution in [0.1, 0.15) is 13.3 Å². The van der Waals surface area contributed by atoms with E-state index in [9.17, 15) is 30.0 Å². The molecular weight excluding hydrogens is 288 g/mol. The van der Waals surface area contributed by atoms with Crippen LogP contribution in [0.5, 0.6) is 0 Å². The zero-order valence-electron chi connectivity index (χ0n) is 11.5. The number of carboxylic acids is 1. The molecule has 0 aliphatic carbocycles. The first kappa shape index (κ1) is 19.7. The van der Waals surface area contributed by atoms with E-state index >= 15 is 0 Å². The molecule has 6 atom stereocenters.